The van der Waals surface area contributed by atoms with Crippen molar-refractivity contribution in [2.45, 2.75) is 44.7 Å². The number of benzene rings is 1. The Hall–Kier alpha value is -2.13. The number of likely N-dealkylation sites (tertiary alicyclic amines) is 1. The predicted molar refractivity (Wildman–Crippen MR) is 80.3 cm³/mol. The lowest BCUT2D eigenvalue weighted by Crippen LogP contribution is -2.42. The van der Waals surface area contributed by atoms with Crippen molar-refractivity contribution in [3.8, 4) is 6.07 Å². The molecular weight excluding hydrogens is 285 g/mol. The van der Waals surface area contributed by atoms with Crippen molar-refractivity contribution < 1.29 is 13.9 Å². The van der Waals surface area contributed by atoms with Crippen LogP contribution < -0.4 is 5.73 Å². The van der Waals surface area contributed by atoms with E-state index in [0.717, 1.165) is 5.56 Å². The molecule has 1 aliphatic heterocycles. The summed E-state index contributed by atoms with van der Waals surface area (Å²) < 4.78 is 19.1. The number of nitrogens with two attached hydrogens (primary N) is 1. The van der Waals surface area contributed by atoms with Gasteiger partial charge in [-0.2, -0.15) is 5.26 Å². The van der Waals surface area contributed by atoms with Gasteiger partial charge in [-0.1, -0.05) is 25.1 Å². The van der Waals surface area contributed by atoms with Crippen LogP contribution in [0.15, 0.2) is 24.3 Å². The first-order valence-electron chi connectivity index (χ1n) is 7.36. The summed E-state index contributed by atoms with van der Waals surface area (Å²) in [7, 11) is 0. The maximum atomic E-state index is 13.4. The van der Waals surface area contributed by atoms with Crippen LogP contribution in [0.1, 0.15) is 25.3 Å². The maximum Gasteiger partial charge on any atom is 0.252 e. The van der Waals surface area contributed by atoms with E-state index < -0.39 is 18.3 Å². The number of hydrogen-bond acceptors (Lipinski definition) is 4. The number of hydrogen-bond donors (Lipinski definition) is 1. The average Bonchev–Trinajstić information content (AvgIpc) is 2.90. The van der Waals surface area contributed by atoms with E-state index >= 15 is 0 Å². The van der Waals surface area contributed by atoms with E-state index in [2.05, 4.69) is 0 Å². The van der Waals surface area contributed by atoms with E-state index in [0.29, 0.717) is 12.1 Å². The van der Waals surface area contributed by atoms with Gasteiger partial charge in [0.05, 0.1) is 19.2 Å². The highest BCUT2D eigenvalue weighted by Gasteiger charge is 2.38. The minimum Gasteiger partial charge on any atom is -0.398 e. The van der Waals surface area contributed by atoms with Crippen molar-refractivity contribution in [1.82, 2.24) is 4.90 Å². The Morgan fingerprint density at radius 1 is 1.59 bits per heavy atom. The smallest absolute Gasteiger partial charge is 0.252 e. The molecule has 0 spiro atoms. The van der Waals surface area contributed by atoms with Gasteiger partial charge in [0.2, 0.25) is 0 Å². The number of nitrogens with zero attached hydrogens (tertiary/aromatic N) is 2. The minimum atomic E-state index is -1.14. The van der Waals surface area contributed by atoms with Crippen LogP contribution in [-0.4, -0.2) is 35.7 Å². The molecule has 1 fully saturated rings. The number of carbonyl (C=O) groups is 1. The van der Waals surface area contributed by atoms with Crippen molar-refractivity contribution in [3.05, 3.63) is 29.8 Å². The number of halogens is 1. The molecule has 0 bridgehead atoms. The molecule has 118 valence electrons. The Morgan fingerprint density at radius 3 is 2.95 bits per heavy atom. The topological polar surface area (TPSA) is 79.3 Å². The minimum absolute atomic E-state index is 0.0373. The van der Waals surface area contributed by atoms with Crippen molar-refractivity contribution in [2.24, 2.45) is 0 Å². The number of anilines is 1. The first-order valence-corrected chi connectivity index (χ1v) is 7.36. The standard InChI is InChI=1S/C16H20FN3O2/c1-2-15(22-10-11-5-3-4-6-14(11)19)16(21)20-9-12(17)7-13(20)8-18/h3-6,12-13,15H,2,7,9-10,19H2,1H3/t12-,13-,15?/m0/s1. The lowest BCUT2D eigenvalue weighted by atomic mass is 10.2. The van der Waals surface area contributed by atoms with Gasteiger partial charge in [0.25, 0.3) is 5.91 Å². The second-order valence-corrected chi connectivity index (χ2v) is 5.38. The highest BCUT2D eigenvalue weighted by molar-refractivity contribution is 5.82. The molecule has 3 atom stereocenters. The molecular formula is C16H20FN3O2. The molecule has 0 aliphatic carbocycles. The van der Waals surface area contributed by atoms with Gasteiger partial charge in [-0.3, -0.25) is 4.79 Å². The second kappa shape index (κ2) is 7.23. The van der Waals surface area contributed by atoms with Gasteiger partial charge in [0.1, 0.15) is 18.3 Å². The summed E-state index contributed by atoms with van der Waals surface area (Å²) in [4.78, 5) is 13.7. The van der Waals surface area contributed by atoms with Gasteiger partial charge in [-0.25, -0.2) is 4.39 Å². The van der Waals surface area contributed by atoms with Crippen LogP contribution in [0, 0.1) is 11.3 Å². The summed E-state index contributed by atoms with van der Waals surface area (Å²) in [6, 6.07) is 8.54. The Bertz CT molecular complexity index is 573. The number of nitriles is 1. The van der Waals surface area contributed by atoms with Gasteiger partial charge in [0, 0.05) is 17.7 Å². The van der Waals surface area contributed by atoms with Crippen molar-refractivity contribution in [3.63, 3.8) is 0 Å². The third kappa shape index (κ3) is 3.55. The summed E-state index contributed by atoms with van der Waals surface area (Å²) in [6.07, 6.45) is -1.31. The number of ether oxygens (including phenoxy) is 1. The van der Waals surface area contributed by atoms with Gasteiger partial charge in [-0.05, 0) is 12.5 Å². The third-order valence-electron chi connectivity index (χ3n) is 3.82. The monoisotopic (exact) mass is 305 g/mol. The third-order valence-corrected chi connectivity index (χ3v) is 3.82. The van der Waals surface area contributed by atoms with E-state index in [9.17, 15) is 9.18 Å². The molecule has 1 amide bonds. The number of alkyl halides is 1. The van der Waals surface area contributed by atoms with Crippen molar-refractivity contribution in [2.75, 3.05) is 12.3 Å². The Labute approximate surface area is 129 Å². The molecule has 1 saturated heterocycles. The summed E-state index contributed by atoms with van der Waals surface area (Å²) in [5.41, 5.74) is 7.24. The molecule has 2 rings (SSSR count). The highest BCUT2D eigenvalue weighted by atomic mass is 19.1. The zero-order valence-corrected chi connectivity index (χ0v) is 12.5. The lowest BCUT2D eigenvalue weighted by molar-refractivity contribution is -0.145. The number of amides is 1. The van der Waals surface area contributed by atoms with E-state index in [1.54, 1.807) is 6.07 Å². The molecule has 5 nitrogen and oxygen atoms in total. The molecule has 0 aromatic heterocycles. The van der Waals surface area contributed by atoms with Gasteiger partial charge in [-0.15, -0.1) is 0 Å². The zero-order valence-electron chi connectivity index (χ0n) is 12.5. The van der Waals surface area contributed by atoms with E-state index in [1.165, 1.54) is 4.90 Å². The molecule has 1 aliphatic rings. The van der Waals surface area contributed by atoms with Crippen LogP contribution in [0.5, 0.6) is 0 Å². The maximum absolute atomic E-state index is 13.4. The molecule has 1 unspecified atom stereocenters. The SMILES string of the molecule is CCC(OCc1ccccc1N)C(=O)N1C[C@@H](F)C[C@H]1C#N. The second-order valence-electron chi connectivity index (χ2n) is 5.38. The molecule has 1 heterocycles. The lowest BCUT2D eigenvalue weighted by Gasteiger charge is -2.25. The number of nitrogen functional groups attached to an aromatic ring is 1. The van der Waals surface area contributed by atoms with E-state index in [4.69, 9.17) is 15.7 Å². The fourth-order valence-electron chi connectivity index (χ4n) is 2.56. The average molecular weight is 305 g/mol. The largest absolute Gasteiger partial charge is 0.398 e. The van der Waals surface area contributed by atoms with Crippen LogP contribution >= 0.6 is 0 Å². The molecule has 0 saturated carbocycles. The molecule has 6 heteroatoms. The zero-order chi connectivity index (χ0) is 16.1. The van der Waals surface area contributed by atoms with Crippen LogP contribution in [0.3, 0.4) is 0 Å². The summed E-state index contributed by atoms with van der Waals surface area (Å²) in [6.45, 7) is 1.99. The number of para-hydroxylation sites is 1. The Balaban J connectivity index is 2.01. The molecule has 22 heavy (non-hydrogen) atoms. The predicted octanol–water partition coefficient (Wildman–Crippen LogP) is 2.03. The summed E-state index contributed by atoms with van der Waals surface area (Å²) in [5.74, 6) is -0.330. The molecule has 2 N–H and O–H groups in total. The van der Waals surface area contributed by atoms with Crippen LogP contribution in [0.25, 0.3) is 0 Å². The van der Waals surface area contributed by atoms with Gasteiger partial charge < -0.3 is 15.4 Å². The molecule has 1 aromatic rings. The summed E-state index contributed by atoms with van der Waals surface area (Å²) in [5, 5.41) is 9.03. The normalized spacial score (nSPS) is 22.3. The Morgan fingerprint density at radius 2 is 2.32 bits per heavy atom. The fraction of sp³-hybridized carbons (Fsp3) is 0.500. The quantitative estimate of drug-likeness (QED) is 0.844. The van der Waals surface area contributed by atoms with Crippen LogP contribution in [-0.2, 0) is 16.1 Å². The molecule has 1 aromatic carbocycles. The first-order chi connectivity index (χ1) is 10.6. The number of carbonyl (C=O) groups excluding carboxylic acids is 1. The van der Waals surface area contributed by atoms with Gasteiger partial charge in [0.15, 0.2) is 0 Å². The first kappa shape index (κ1) is 16.2. The van der Waals surface area contributed by atoms with Crippen molar-refractivity contribution >= 4 is 11.6 Å². The Kier molecular flexibility index (Phi) is 5.34. The van der Waals surface area contributed by atoms with Crippen LogP contribution in [0.2, 0.25) is 0 Å². The highest BCUT2D eigenvalue weighted by Crippen LogP contribution is 2.22. The summed E-state index contributed by atoms with van der Waals surface area (Å²) >= 11 is 0. The van der Waals surface area contributed by atoms with Crippen LogP contribution in [0.4, 0.5) is 10.1 Å². The van der Waals surface area contributed by atoms with Gasteiger partial charge >= 0.3 is 0 Å². The van der Waals surface area contributed by atoms with E-state index in [-0.39, 0.29) is 25.5 Å². The van der Waals surface area contributed by atoms with E-state index in [1.807, 2.05) is 31.2 Å². The fourth-order valence-corrected chi connectivity index (χ4v) is 2.56. The number of rotatable bonds is 5. The van der Waals surface area contributed by atoms with Crippen molar-refractivity contribution in [1.29, 1.82) is 5.26 Å². The molecule has 0 radical (unpaired) electrons.